The predicted molar refractivity (Wildman–Crippen MR) is 54.9 cm³/mol. The third-order valence-corrected chi connectivity index (χ3v) is 1.40. The van der Waals surface area contributed by atoms with Gasteiger partial charge in [0.2, 0.25) is 0 Å². The predicted octanol–water partition coefficient (Wildman–Crippen LogP) is 1.14. The zero-order valence-corrected chi connectivity index (χ0v) is 7.79. The summed E-state index contributed by atoms with van der Waals surface area (Å²) in [5, 5.41) is 2.33. The fourth-order valence-corrected chi connectivity index (χ4v) is 0.801. The lowest BCUT2D eigenvalue weighted by Gasteiger charge is -1.86. The minimum atomic E-state index is -0.386. The van der Waals surface area contributed by atoms with Crippen LogP contribution in [0.2, 0.25) is 0 Å². The molecule has 1 aromatic carbocycles. The summed E-state index contributed by atoms with van der Waals surface area (Å²) in [7, 11) is 0. The van der Waals surface area contributed by atoms with Crippen molar-refractivity contribution in [1.29, 1.82) is 0 Å². The van der Waals surface area contributed by atoms with Gasteiger partial charge in [0.25, 0.3) is 0 Å². The maximum absolute atomic E-state index is 11.0. The van der Waals surface area contributed by atoms with E-state index < -0.39 is 0 Å². The zero-order chi connectivity index (χ0) is 10.2. The topological polar surface area (TPSA) is 29.1 Å². The standard InChI is InChI=1S/C12H9NO/c1-2-10-13-12(14)9-8-11-6-4-3-5-7-11/h3-7H,1H3,(H,13,14). The molecule has 0 saturated heterocycles. The number of hydrogen-bond donors (Lipinski definition) is 1. The first kappa shape index (κ1) is 9.89. The van der Waals surface area contributed by atoms with Gasteiger partial charge >= 0.3 is 5.91 Å². The molecule has 0 aliphatic carbocycles. The molecule has 0 heterocycles. The minimum Gasteiger partial charge on any atom is -0.274 e. The molecule has 0 fully saturated rings. The van der Waals surface area contributed by atoms with Crippen LogP contribution in [-0.4, -0.2) is 5.91 Å². The van der Waals surface area contributed by atoms with Gasteiger partial charge in [0.15, 0.2) is 0 Å². The largest absolute Gasteiger partial charge is 0.307 e. The molecule has 1 rings (SSSR count). The number of carbonyl (C=O) groups is 1. The molecule has 0 aliphatic rings. The second kappa shape index (κ2) is 5.45. The van der Waals surface area contributed by atoms with Crippen LogP contribution in [0.4, 0.5) is 0 Å². The van der Waals surface area contributed by atoms with E-state index in [-0.39, 0.29) is 5.91 Å². The van der Waals surface area contributed by atoms with Crippen molar-refractivity contribution in [1.82, 2.24) is 5.32 Å². The van der Waals surface area contributed by atoms with E-state index in [2.05, 4.69) is 29.1 Å². The summed E-state index contributed by atoms with van der Waals surface area (Å²) < 4.78 is 0. The van der Waals surface area contributed by atoms with Crippen molar-refractivity contribution in [3.05, 3.63) is 35.9 Å². The third-order valence-electron chi connectivity index (χ3n) is 1.40. The lowest BCUT2D eigenvalue weighted by molar-refractivity contribution is -0.114. The summed E-state index contributed by atoms with van der Waals surface area (Å²) in [5.74, 6) is 7.32. The number of nitrogens with one attached hydrogen (secondary N) is 1. The molecule has 1 aromatic rings. The average molecular weight is 183 g/mol. The van der Waals surface area contributed by atoms with Crippen LogP contribution in [0.1, 0.15) is 12.5 Å². The summed E-state index contributed by atoms with van der Waals surface area (Å²) in [5.41, 5.74) is 0.812. The van der Waals surface area contributed by atoms with E-state index in [0.717, 1.165) is 5.56 Å². The van der Waals surface area contributed by atoms with Crippen LogP contribution < -0.4 is 5.32 Å². The van der Waals surface area contributed by atoms with Gasteiger partial charge in [-0.15, -0.1) is 0 Å². The van der Waals surface area contributed by atoms with Crippen molar-refractivity contribution >= 4 is 5.91 Å². The SMILES string of the molecule is CC#CNC(=O)C#Cc1ccccc1. The highest BCUT2D eigenvalue weighted by atomic mass is 16.1. The summed E-state index contributed by atoms with van der Waals surface area (Å²) in [4.78, 5) is 11.0. The first-order chi connectivity index (χ1) is 6.83. The van der Waals surface area contributed by atoms with Gasteiger partial charge in [-0.1, -0.05) is 30.0 Å². The molecule has 1 N–H and O–H groups in total. The quantitative estimate of drug-likeness (QED) is 0.474. The zero-order valence-electron chi connectivity index (χ0n) is 7.79. The molecular weight excluding hydrogens is 174 g/mol. The van der Waals surface area contributed by atoms with E-state index in [0.29, 0.717) is 0 Å². The normalized spacial score (nSPS) is 7.50. The van der Waals surface area contributed by atoms with Crippen molar-refractivity contribution in [3.63, 3.8) is 0 Å². The van der Waals surface area contributed by atoms with E-state index in [1.54, 1.807) is 6.92 Å². The molecule has 1 amide bonds. The van der Waals surface area contributed by atoms with Gasteiger partial charge in [0.1, 0.15) is 0 Å². The van der Waals surface area contributed by atoms with Crippen LogP contribution in [-0.2, 0) is 4.79 Å². The number of benzene rings is 1. The number of hydrogen-bond acceptors (Lipinski definition) is 1. The van der Waals surface area contributed by atoms with E-state index in [1.807, 2.05) is 30.3 Å². The molecule has 0 radical (unpaired) electrons. The lowest BCUT2D eigenvalue weighted by atomic mass is 10.2. The first-order valence-electron chi connectivity index (χ1n) is 4.11. The van der Waals surface area contributed by atoms with Crippen molar-refractivity contribution < 1.29 is 4.79 Å². The summed E-state index contributed by atoms with van der Waals surface area (Å²) in [6.07, 6.45) is 0. The fourth-order valence-electron chi connectivity index (χ4n) is 0.801. The molecule has 0 aliphatic heterocycles. The molecule has 2 heteroatoms. The van der Waals surface area contributed by atoms with Crippen molar-refractivity contribution in [3.8, 4) is 23.8 Å². The molecule has 0 atom stereocenters. The molecule has 0 unspecified atom stereocenters. The molecule has 2 nitrogen and oxygen atoms in total. The third kappa shape index (κ3) is 3.47. The minimum absolute atomic E-state index is 0.386. The Hall–Kier alpha value is -2.19. The van der Waals surface area contributed by atoms with Crippen LogP contribution in [0.25, 0.3) is 0 Å². The van der Waals surface area contributed by atoms with Gasteiger partial charge in [-0.2, -0.15) is 0 Å². The smallest absolute Gasteiger partial charge is 0.274 e. The summed E-state index contributed by atoms with van der Waals surface area (Å²) >= 11 is 0. The average Bonchev–Trinajstić information content (AvgIpc) is 2.25. The summed E-state index contributed by atoms with van der Waals surface area (Å²) in [6.45, 7) is 1.64. The Kier molecular flexibility index (Phi) is 3.86. The molecule has 0 spiro atoms. The van der Waals surface area contributed by atoms with Gasteiger partial charge in [-0.25, -0.2) is 0 Å². The van der Waals surface area contributed by atoms with Gasteiger partial charge in [-0.05, 0) is 19.1 Å². The van der Waals surface area contributed by atoms with Crippen molar-refractivity contribution in [2.24, 2.45) is 0 Å². The molecule has 14 heavy (non-hydrogen) atoms. The van der Waals surface area contributed by atoms with Gasteiger partial charge in [0, 0.05) is 17.5 Å². The summed E-state index contributed by atoms with van der Waals surface area (Å²) in [6, 6.07) is 11.7. The van der Waals surface area contributed by atoms with Crippen LogP contribution >= 0.6 is 0 Å². The maximum Gasteiger partial charge on any atom is 0.307 e. The number of amides is 1. The fraction of sp³-hybridized carbons (Fsp3) is 0.0833. The van der Waals surface area contributed by atoms with Crippen molar-refractivity contribution in [2.75, 3.05) is 0 Å². The molecule has 0 bridgehead atoms. The van der Waals surface area contributed by atoms with Crippen LogP contribution in [0.5, 0.6) is 0 Å². The van der Waals surface area contributed by atoms with Crippen LogP contribution in [0.3, 0.4) is 0 Å². The van der Waals surface area contributed by atoms with Gasteiger partial charge in [-0.3, -0.25) is 10.1 Å². The Morgan fingerprint density at radius 1 is 1.29 bits per heavy atom. The van der Waals surface area contributed by atoms with Crippen LogP contribution in [0.15, 0.2) is 30.3 Å². The highest BCUT2D eigenvalue weighted by Crippen LogP contribution is 1.94. The maximum atomic E-state index is 11.0. The van der Waals surface area contributed by atoms with Crippen LogP contribution in [0, 0.1) is 23.8 Å². The highest BCUT2D eigenvalue weighted by molar-refractivity contribution is 5.95. The molecule has 68 valence electrons. The van der Waals surface area contributed by atoms with E-state index >= 15 is 0 Å². The number of carbonyl (C=O) groups excluding carboxylic acids is 1. The Labute approximate surface area is 83.3 Å². The van der Waals surface area contributed by atoms with Gasteiger partial charge in [0.05, 0.1) is 0 Å². The highest BCUT2D eigenvalue weighted by Gasteiger charge is 1.88. The molecular formula is C12H9NO. The Morgan fingerprint density at radius 2 is 2.00 bits per heavy atom. The van der Waals surface area contributed by atoms with Gasteiger partial charge < -0.3 is 0 Å². The van der Waals surface area contributed by atoms with E-state index in [9.17, 15) is 4.79 Å². The monoisotopic (exact) mass is 183 g/mol. The first-order valence-corrected chi connectivity index (χ1v) is 4.11. The second-order valence-electron chi connectivity index (χ2n) is 2.45. The lowest BCUT2D eigenvalue weighted by Crippen LogP contribution is -2.14. The number of rotatable bonds is 0. The Bertz CT molecular complexity index is 426. The molecule has 0 aromatic heterocycles. The molecule has 0 saturated carbocycles. The van der Waals surface area contributed by atoms with E-state index in [1.165, 1.54) is 0 Å². The van der Waals surface area contributed by atoms with Crippen molar-refractivity contribution in [2.45, 2.75) is 6.92 Å². The Balaban J connectivity index is 2.63. The van der Waals surface area contributed by atoms with E-state index in [4.69, 9.17) is 0 Å². The second-order valence-corrected chi connectivity index (χ2v) is 2.45. The Morgan fingerprint density at radius 3 is 2.64 bits per heavy atom.